The van der Waals surface area contributed by atoms with Crippen LogP contribution in [0.2, 0.25) is 0 Å². The van der Waals surface area contributed by atoms with Gasteiger partial charge in [0.15, 0.2) is 16.9 Å². The van der Waals surface area contributed by atoms with Crippen LogP contribution in [0.15, 0.2) is 94.4 Å². The Labute approximate surface area is 218 Å². The molecular formula is C30H23N3O5. The number of hydrogen-bond donors (Lipinski definition) is 0. The SMILES string of the molecule is COc1cc(C2c3c(oc4ccc(C)cc4c3=O)C(=O)N2c2ncccn2)ccc1OCc1ccccc1. The molecule has 38 heavy (non-hydrogen) atoms. The smallest absolute Gasteiger partial charge is 0.297 e. The highest BCUT2D eigenvalue weighted by Gasteiger charge is 2.45. The fourth-order valence-corrected chi connectivity index (χ4v) is 4.73. The molecule has 8 heteroatoms. The molecule has 1 aliphatic rings. The van der Waals surface area contributed by atoms with Crippen LogP contribution in [-0.4, -0.2) is 23.0 Å². The third-order valence-electron chi connectivity index (χ3n) is 6.53. The fraction of sp³-hybridized carbons (Fsp3) is 0.133. The molecule has 0 N–H and O–H groups in total. The number of nitrogens with zero attached hydrogens (tertiary/aromatic N) is 3. The lowest BCUT2D eigenvalue weighted by molar-refractivity contribution is 0.0969. The van der Waals surface area contributed by atoms with Gasteiger partial charge in [0.25, 0.3) is 5.91 Å². The Hall–Kier alpha value is -4.98. The highest BCUT2D eigenvalue weighted by Crippen LogP contribution is 2.42. The van der Waals surface area contributed by atoms with E-state index in [1.54, 1.807) is 49.8 Å². The number of methoxy groups -OCH3 is 1. The van der Waals surface area contributed by atoms with Crippen molar-refractivity contribution in [1.29, 1.82) is 0 Å². The van der Waals surface area contributed by atoms with Gasteiger partial charge in [-0.25, -0.2) is 9.97 Å². The van der Waals surface area contributed by atoms with Crippen LogP contribution in [0.4, 0.5) is 5.95 Å². The average molecular weight is 506 g/mol. The number of aryl methyl sites for hydroxylation is 1. The van der Waals surface area contributed by atoms with Gasteiger partial charge in [0.1, 0.15) is 12.2 Å². The summed E-state index contributed by atoms with van der Waals surface area (Å²) >= 11 is 0. The number of anilines is 1. The molecule has 0 saturated carbocycles. The van der Waals surface area contributed by atoms with Crippen molar-refractivity contribution in [2.75, 3.05) is 12.0 Å². The minimum Gasteiger partial charge on any atom is -0.493 e. The Morgan fingerprint density at radius 3 is 2.47 bits per heavy atom. The largest absolute Gasteiger partial charge is 0.493 e. The Morgan fingerprint density at radius 2 is 1.71 bits per heavy atom. The zero-order valence-corrected chi connectivity index (χ0v) is 20.8. The number of hydrogen-bond acceptors (Lipinski definition) is 7. The van der Waals surface area contributed by atoms with Crippen LogP contribution in [-0.2, 0) is 6.61 Å². The zero-order valence-electron chi connectivity index (χ0n) is 20.8. The molecule has 5 aromatic rings. The first-order valence-corrected chi connectivity index (χ1v) is 12.1. The first kappa shape index (κ1) is 23.4. The second-order valence-corrected chi connectivity index (χ2v) is 8.98. The summed E-state index contributed by atoms with van der Waals surface area (Å²) in [5.74, 6) is 0.658. The molecule has 2 aromatic heterocycles. The van der Waals surface area contributed by atoms with Crippen molar-refractivity contribution in [2.24, 2.45) is 0 Å². The molecule has 0 radical (unpaired) electrons. The number of carbonyl (C=O) groups is 1. The molecule has 3 aromatic carbocycles. The van der Waals surface area contributed by atoms with Crippen LogP contribution in [0.25, 0.3) is 11.0 Å². The summed E-state index contributed by atoms with van der Waals surface area (Å²) in [6.45, 7) is 2.26. The van der Waals surface area contributed by atoms with Crippen LogP contribution < -0.4 is 19.8 Å². The zero-order chi connectivity index (χ0) is 26.2. The lowest BCUT2D eigenvalue weighted by Gasteiger charge is -2.24. The number of fused-ring (bicyclic) bond motifs is 2. The van der Waals surface area contributed by atoms with E-state index in [9.17, 15) is 9.59 Å². The average Bonchev–Trinajstić information content (AvgIpc) is 3.25. The van der Waals surface area contributed by atoms with E-state index in [0.29, 0.717) is 34.6 Å². The maximum absolute atomic E-state index is 13.8. The van der Waals surface area contributed by atoms with Crippen molar-refractivity contribution in [3.05, 3.63) is 123 Å². The molecular weight excluding hydrogens is 482 g/mol. The Kier molecular flexibility index (Phi) is 5.84. The van der Waals surface area contributed by atoms with E-state index in [4.69, 9.17) is 13.9 Å². The third kappa shape index (κ3) is 3.96. The van der Waals surface area contributed by atoms with Crippen LogP contribution in [0.1, 0.15) is 38.9 Å². The Balaban J connectivity index is 1.49. The standard InChI is InChI=1S/C30H23N3O5/c1-18-9-11-22-21(15-18)27(34)25-26(33(29(35)28(25)38-22)30-31-13-6-14-32-30)20-10-12-23(24(16-20)36-2)37-17-19-7-4-3-5-8-19/h3-16,26H,17H2,1-2H3. The van der Waals surface area contributed by atoms with E-state index in [1.165, 1.54) is 4.90 Å². The molecule has 1 atom stereocenters. The molecule has 0 aliphatic carbocycles. The lowest BCUT2D eigenvalue weighted by atomic mass is 9.98. The first-order valence-electron chi connectivity index (χ1n) is 12.1. The molecule has 8 nitrogen and oxygen atoms in total. The number of amides is 1. The summed E-state index contributed by atoms with van der Waals surface area (Å²) in [6.07, 6.45) is 3.09. The monoisotopic (exact) mass is 505 g/mol. The van der Waals surface area contributed by atoms with Crippen molar-refractivity contribution in [3.8, 4) is 11.5 Å². The Bertz CT molecular complexity index is 1720. The quantitative estimate of drug-likeness (QED) is 0.312. The highest BCUT2D eigenvalue weighted by atomic mass is 16.5. The normalized spacial score (nSPS) is 14.5. The van der Waals surface area contributed by atoms with Crippen molar-refractivity contribution >= 4 is 22.8 Å². The summed E-state index contributed by atoms with van der Waals surface area (Å²) in [5.41, 5.74) is 2.87. The molecule has 0 fully saturated rings. The number of ether oxygens (including phenoxy) is 2. The third-order valence-corrected chi connectivity index (χ3v) is 6.53. The van der Waals surface area contributed by atoms with E-state index in [0.717, 1.165) is 11.1 Å². The number of rotatable bonds is 6. The molecule has 1 unspecified atom stereocenters. The summed E-state index contributed by atoms with van der Waals surface area (Å²) in [7, 11) is 1.55. The van der Waals surface area contributed by atoms with Crippen LogP contribution >= 0.6 is 0 Å². The molecule has 6 rings (SSSR count). The maximum Gasteiger partial charge on any atom is 0.297 e. The van der Waals surface area contributed by atoms with E-state index in [1.807, 2.05) is 49.4 Å². The number of benzene rings is 3. The molecule has 0 bridgehead atoms. The molecule has 3 heterocycles. The molecule has 0 saturated heterocycles. The summed E-state index contributed by atoms with van der Waals surface area (Å²) in [4.78, 5) is 37.5. The van der Waals surface area contributed by atoms with Gasteiger partial charge in [0.2, 0.25) is 11.7 Å². The van der Waals surface area contributed by atoms with Crippen molar-refractivity contribution < 1.29 is 18.7 Å². The van der Waals surface area contributed by atoms with Gasteiger partial charge in [-0.05, 0) is 48.4 Å². The van der Waals surface area contributed by atoms with E-state index in [2.05, 4.69) is 9.97 Å². The molecule has 1 amide bonds. The van der Waals surface area contributed by atoms with Gasteiger partial charge in [-0.1, -0.05) is 48.0 Å². The lowest BCUT2D eigenvalue weighted by Crippen LogP contribution is -2.31. The second kappa shape index (κ2) is 9.48. The minimum atomic E-state index is -0.821. The van der Waals surface area contributed by atoms with E-state index >= 15 is 0 Å². The predicted octanol–water partition coefficient (Wildman–Crippen LogP) is 5.23. The predicted molar refractivity (Wildman–Crippen MR) is 142 cm³/mol. The van der Waals surface area contributed by atoms with E-state index < -0.39 is 11.9 Å². The number of carbonyl (C=O) groups excluding carboxylic acids is 1. The Morgan fingerprint density at radius 1 is 0.921 bits per heavy atom. The fourth-order valence-electron chi connectivity index (χ4n) is 4.73. The summed E-state index contributed by atoms with van der Waals surface area (Å²) in [5, 5.41) is 0.409. The minimum absolute atomic E-state index is 0.0211. The second-order valence-electron chi connectivity index (χ2n) is 8.98. The first-order chi connectivity index (χ1) is 18.5. The van der Waals surface area contributed by atoms with Gasteiger partial charge in [-0.15, -0.1) is 0 Å². The maximum atomic E-state index is 13.8. The van der Waals surface area contributed by atoms with Gasteiger partial charge in [-0.2, -0.15) is 0 Å². The molecule has 188 valence electrons. The van der Waals surface area contributed by atoms with Gasteiger partial charge in [-0.3, -0.25) is 14.5 Å². The molecule has 1 aliphatic heterocycles. The van der Waals surface area contributed by atoms with Crippen LogP contribution in [0.5, 0.6) is 11.5 Å². The van der Waals surface area contributed by atoms with Crippen molar-refractivity contribution in [3.63, 3.8) is 0 Å². The van der Waals surface area contributed by atoms with Crippen LogP contribution in [0.3, 0.4) is 0 Å². The van der Waals surface area contributed by atoms with Crippen molar-refractivity contribution in [1.82, 2.24) is 9.97 Å². The van der Waals surface area contributed by atoms with Gasteiger partial charge in [0.05, 0.1) is 24.1 Å². The summed E-state index contributed by atoms with van der Waals surface area (Å²) < 4.78 is 17.7. The topological polar surface area (TPSA) is 94.8 Å². The highest BCUT2D eigenvalue weighted by molar-refractivity contribution is 6.09. The summed E-state index contributed by atoms with van der Waals surface area (Å²) in [6, 6.07) is 21.3. The van der Waals surface area contributed by atoms with Gasteiger partial charge in [0, 0.05) is 12.4 Å². The number of aromatic nitrogens is 2. The van der Waals surface area contributed by atoms with Crippen LogP contribution in [0, 0.1) is 6.92 Å². The van der Waals surface area contributed by atoms with Gasteiger partial charge >= 0.3 is 0 Å². The van der Waals surface area contributed by atoms with E-state index in [-0.39, 0.29) is 22.7 Å². The molecule has 0 spiro atoms. The van der Waals surface area contributed by atoms with Crippen molar-refractivity contribution in [2.45, 2.75) is 19.6 Å². The van der Waals surface area contributed by atoms with Gasteiger partial charge < -0.3 is 13.9 Å².